The van der Waals surface area contributed by atoms with Crippen LogP contribution in [0.3, 0.4) is 0 Å². The lowest BCUT2D eigenvalue weighted by molar-refractivity contribution is 0.165. The van der Waals surface area contributed by atoms with Gasteiger partial charge in [0.05, 0.1) is 0 Å². The van der Waals surface area contributed by atoms with Gasteiger partial charge in [-0.15, -0.1) is 0 Å². The van der Waals surface area contributed by atoms with E-state index < -0.39 is 15.7 Å². The summed E-state index contributed by atoms with van der Waals surface area (Å²) in [6, 6.07) is 0.0502. The number of hydrogen-bond donors (Lipinski definition) is 3. The number of piperidine rings is 1. The van der Waals surface area contributed by atoms with Gasteiger partial charge in [0.15, 0.2) is 0 Å². The fraction of sp³-hybridized carbons (Fsp3) is 1.00. The van der Waals surface area contributed by atoms with E-state index in [4.69, 9.17) is 0 Å². The van der Waals surface area contributed by atoms with Crippen molar-refractivity contribution in [2.75, 3.05) is 6.54 Å². The molecule has 0 amide bonds. The average molecular weight is 303 g/mol. The standard InChI is InChI=1S/C14H29N3O2S/c1-13(2,3)17-20(18,19)16-12-7-10-15-14(11-12)8-5-4-6-9-14/h12,15-17H,4-11H2,1-3H3. The monoisotopic (exact) mass is 303 g/mol. The van der Waals surface area contributed by atoms with Crippen molar-refractivity contribution < 1.29 is 8.42 Å². The van der Waals surface area contributed by atoms with E-state index in [1.54, 1.807) is 0 Å². The third-order valence-corrected chi connectivity index (χ3v) is 5.73. The summed E-state index contributed by atoms with van der Waals surface area (Å²) < 4.78 is 29.8. The fourth-order valence-electron chi connectivity index (χ4n) is 3.52. The lowest BCUT2D eigenvalue weighted by atomic mass is 9.75. The molecule has 0 radical (unpaired) electrons. The van der Waals surface area contributed by atoms with Crippen molar-refractivity contribution >= 4 is 10.2 Å². The minimum atomic E-state index is -3.42. The van der Waals surface area contributed by atoms with Gasteiger partial charge in [0.25, 0.3) is 10.2 Å². The molecule has 1 saturated carbocycles. The van der Waals surface area contributed by atoms with Crippen molar-refractivity contribution in [3.63, 3.8) is 0 Å². The molecule has 1 heterocycles. The zero-order chi connectivity index (χ0) is 14.9. The van der Waals surface area contributed by atoms with E-state index in [0.717, 1.165) is 19.4 Å². The van der Waals surface area contributed by atoms with E-state index in [2.05, 4.69) is 14.8 Å². The molecule has 0 bridgehead atoms. The molecule has 2 fully saturated rings. The first kappa shape index (κ1) is 16.2. The molecule has 1 unspecified atom stereocenters. The van der Waals surface area contributed by atoms with Crippen LogP contribution < -0.4 is 14.8 Å². The molecule has 0 aromatic heterocycles. The summed E-state index contributed by atoms with van der Waals surface area (Å²) in [5.74, 6) is 0. The van der Waals surface area contributed by atoms with Crippen LogP contribution in [0, 0.1) is 0 Å². The maximum Gasteiger partial charge on any atom is 0.277 e. The molecule has 1 spiro atoms. The summed E-state index contributed by atoms with van der Waals surface area (Å²) in [5, 5.41) is 3.64. The number of nitrogens with one attached hydrogen (secondary N) is 3. The van der Waals surface area contributed by atoms with Crippen molar-refractivity contribution in [1.82, 2.24) is 14.8 Å². The molecule has 118 valence electrons. The Balaban J connectivity index is 1.96. The molecular formula is C14H29N3O2S. The Kier molecular flexibility index (Phi) is 4.79. The van der Waals surface area contributed by atoms with Crippen molar-refractivity contribution in [3.05, 3.63) is 0 Å². The summed E-state index contributed by atoms with van der Waals surface area (Å²) in [6.45, 7) is 6.48. The summed E-state index contributed by atoms with van der Waals surface area (Å²) in [5.41, 5.74) is -0.271. The highest BCUT2D eigenvalue weighted by molar-refractivity contribution is 7.87. The van der Waals surface area contributed by atoms with Gasteiger partial charge in [-0.2, -0.15) is 17.9 Å². The Morgan fingerprint density at radius 2 is 1.80 bits per heavy atom. The fourth-order valence-corrected chi connectivity index (χ4v) is 5.02. The molecule has 20 heavy (non-hydrogen) atoms. The smallest absolute Gasteiger partial charge is 0.277 e. The third kappa shape index (κ3) is 4.69. The molecule has 1 aliphatic heterocycles. The minimum absolute atomic E-state index is 0.0502. The van der Waals surface area contributed by atoms with Crippen LogP contribution in [0.5, 0.6) is 0 Å². The first-order valence-corrected chi connectivity index (χ1v) is 9.24. The van der Waals surface area contributed by atoms with Gasteiger partial charge in [-0.1, -0.05) is 19.3 Å². The van der Waals surface area contributed by atoms with Gasteiger partial charge in [0.2, 0.25) is 0 Å². The van der Waals surface area contributed by atoms with Gasteiger partial charge in [-0.05, 0) is 53.0 Å². The van der Waals surface area contributed by atoms with Gasteiger partial charge < -0.3 is 5.32 Å². The normalized spacial score (nSPS) is 27.6. The molecule has 0 aromatic carbocycles. The summed E-state index contributed by atoms with van der Waals surface area (Å²) in [6.07, 6.45) is 7.96. The second-order valence-electron chi connectivity index (χ2n) is 7.43. The zero-order valence-electron chi connectivity index (χ0n) is 13.0. The Morgan fingerprint density at radius 3 is 2.40 bits per heavy atom. The molecule has 2 rings (SSSR count). The predicted molar refractivity (Wildman–Crippen MR) is 81.8 cm³/mol. The Morgan fingerprint density at radius 1 is 1.15 bits per heavy atom. The lowest BCUT2D eigenvalue weighted by Crippen LogP contribution is -2.59. The maximum atomic E-state index is 12.1. The molecule has 3 N–H and O–H groups in total. The van der Waals surface area contributed by atoms with Crippen LogP contribution in [0.4, 0.5) is 0 Å². The summed E-state index contributed by atoms with van der Waals surface area (Å²) in [7, 11) is -3.42. The van der Waals surface area contributed by atoms with Crippen LogP contribution in [0.25, 0.3) is 0 Å². The Hall–Kier alpha value is -0.170. The second-order valence-corrected chi connectivity index (χ2v) is 8.88. The summed E-state index contributed by atoms with van der Waals surface area (Å²) in [4.78, 5) is 0. The Bertz CT molecular complexity index is 417. The third-order valence-electron chi connectivity index (χ3n) is 4.20. The summed E-state index contributed by atoms with van der Waals surface area (Å²) >= 11 is 0. The highest BCUT2D eigenvalue weighted by Gasteiger charge is 2.38. The van der Waals surface area contributed by atoms with Crippen molar-refractivity contribution in [3.8, 4) is 0 Å². The van der Waals surface area contributed by atoms with Gasteiger partial charge in [-0.25, -0.2) is 0 Å². The van der Waals surface area contributed by atoms with Gasteiger partial charge in [-0.3, -0.25) is 0 Å². The van der Waals surface area contributed by atoms with E-state index in [1.807, 2.05) is 20.8 Å². The van der Waals surface area contributed by atoms with Crippen molar-refractivity contribution in [2.24, 2.45) is 0 Å². The SMILES string of the molecule is CC(C)(C)NS(=O)(=O)NC1CCNC2(CCCCC2)C1. The quantitative estimate of drug-likeness (QED) is 0.742. The van der Waals surface area contributed by atoms with E-state index in [-0.39, 0.29) is 11.6 Å². The molecule has 6 heteroatoms. The van der Waals surface area contributed by atoms with Crippen LogP contribution in [0.2, 0.25) is 0 Å². The maximum absolute atomic E-state index is 12.1. The van der Waals surface area contributed by atoms with Gasteiger partial charge >= 0.3 is 0 Å². The zero-order valence-corrected chi connectivity index (χ0v) is 13.8. The number of hydrogen-bond acceptors (Lipinski definition) is 3. The topological polar surface area (TPSA) is 70.2 Å². The van der Waals surface area contributed by atoms with Gasteiger partial charge in [0.1, 0.15) is 0 Å². The van der Waals surface area contributed by atoms with Crippen LogP contribution >= 0.6 is 0 Å². The second kappa shape index (κ2) is 5.91. The molecule has 0 aromatic rings. The van der Waals surface area contributed by atoms with E-state index in [1.165, 1.54) is 32.1 Å². The molecule has 2 aliphatic rings. The van der Waals surface area contributed by atoms with Crippen molar-refractivity contribution in [2.45, 2.75) is 82.8 Å². The lowest BCUT2D eigenvalue weighted by Gasteiger charge is -2.44. The Labute approximate surface area is 123 Å². The average Bonchev–Trinajstić information content (AvgIpc) is 2.25. The molecular weight excluding hydrogens is 274 g/mol. The molecule has 1 aliphatic carbocycles. The van der Waals surface area contributed by atoms with E-state index >= 15 is 0 Å². The minimum Gasteiger partial charge on any atom is -0.311 e. The molecule has 1 saturated heterocycles. The van der Waals surface area contributed by atoms with Crippen LogP contribution in [-0.2, 0) is 10.2 Å². The number of rotatable bonds is 3. The molecule has 1 atom stereocenters. The predicted octanol–water partition coefficient (Wildman–Crippen LogP) is 1.66. The van der Waals surface area contributed by atoms with Crippen LogP contribution in [0.1, 0.15) is 65.7 Å². The van der Waals surface area contributed by atoms with Crippen molar-refractivity contribution in [1.29, 1.82) is 0 Å². The molecule has 5 nitrogen and oxygen atoms in total. The highest BCUT2D eigenvalue weighted by atomic mass is 32.2. The first-order valence-electron chi connectivity index (χ1n) is 7.76. The highest BCUT2D eigenvalue weighted by Crippen LogP contribution is 2.34. The van der Waals surface area contributed by atoms with Crippen LogP contribution in [-0.4, -0.2) is 32.1 Å². The largest absolute Gasteiger partial charge is 0.311 e. The first-order chi connectivity index (χ1) is 9.20. The van der Waals surface area contributed by atoms with Gasteiger partial charge in [0, 0.05) is 17.1 Å². The van der Waals surface area contributed by atoms with E-state index in [0.29, 0.717) is 0 Å². The van der Waals surface area contributed by atoms with E-state index in [9.17, 15) is 8.42 Å². The van der Waals surface area contributed by atoms with Crippen LogP contribution in [0.15, 0.2) is 0 Å².